The number of hydrogen-bond donors (Lipinski definition) is 1. The maximum atomic E-state index is 5.16. The number of rotatable bonds is 3. The van der Waals surface area contributed by atoms with Crippen molar-refractivity contribution in [3.8, 4) is 0 Å². The molecule has 7 heavy (non-hydrogen) atoms. The van der Waals surface area contributed by atoms with Crippen LogP contribution in [0.2, 0.25) is 0 Å². The lowest BCUT2D eigenvalue weighted by atomic mass is 10.5. The van der Waals surface area contributed by atoms with Gasteiger partial charge in [0.15, 0.2) is 0 Å². The fourth-order valence-electron chi connectivity index (χ4n) is 0.215. The maximum absolute atomic E-state index is 5.16. The fraction of sp³-hybridized carbons (Fsp3) is 1.00. The van der Waals surface area contributed by atoms with Crippen LogP contribution in [0.3, 0.4) is 0 Å². The third-order valence-electron chi connectivity index (χ3n) is 0.402. The Balaban J connectivity index is 2.68. The lowest BCUT2D eigenvalue weighted by Crippen LogP contribution is -2.16. The minimum Gasteiger partial charge on any atom is -0.414 e. The van der Waals surface area contributed by atoms with E-state index in [1.165, 1.54) is 0 Å². The van der Waals surface area contributed by atoms with Crippen molar-refractivity contribution in [2.45, 2.75) is 20.0 Å². The highest BCUT2D eigenvalue weighted by atomic mass is 28.2. The average Bonchev–Trinajstić information content (AvgIpc) is 1.61. The molecule has 0 spiro atoms. The number of nitrogens with two attached hydrogens (primary N) is 1. The van der Waals surface area contributed by atoms with Gasteiger partial charge < -0.3 is 10.2 Å². The molecule has 0 aromatic heterocycles. The molecule has 2 radical (unpaired) electrons. The second kappa shape index (κ2) is 4.30. The highest BCUT2D eigenvalue weighted by Gasteiger charge is 1.89. The van der Waals surface area contributed by atoms with Crippen LogP contribution in [0.15, 0.2) is 0 Å². The zero-order chi connectivity index (χ0) is 5.70. The Morgan fingerprint density at radius 3 is 2.43 bits per heavy atom. The predicted octanol–water partition coefficient (Wildman–Crippen LogP) is -0.0532. The molecule has 2 nitrogen and oxygen atoms in total. The SMILES string of the molecule is CC(C)O[Si]CN. The zero-order valence-corrected chi connectivity index (χ0v) is 5.77. The van der Waals surface area contributed by atoms with Crippen molar-refractivity contribution >= 4 is 9.76 Å². The zero-order valence-electron chi connectivity index (χ0n) is 4.77. The van der Waals surface area contributed by atoms with Crippen LogP contribution in [0.1, 0.15) is 13.8 Å². The standard InChI is InChI=1S/C4H11NOSi/c1-4(2)6-7-3-5/h4H,3,5H2,1-2H3. The summed E-state index contributed by atoms with van der Waals surface area (Å²) in [6.45, 7) is 4.01. The molecule has 3 heteroatoms. The van der Waals surface area contributed by atoms with E-state index < -0.39 is 0 Å². The van der Waals surface area contributed by atoms with Crippen LogP contribution in [-0.4, -0.2) is 22.0 Å². The molecular formula is C4H11NOSi. The smallest absolute Gasteiger partial charge is 0.245 e. The van der Waals surface area contributed by atoms with Gasteiger partial charge in [0.1, 0.15) is 0 Å². The Labute approximate surface area is 47.0 Å². The molecule has 0 saturated heterocycles. The Hall–Kier alpha value is 0.137. The van der Waals surface area contributed by atoms with Gasteiger partial charge in [0.2, 0.25) is 9.76 Å². The van der Waals surface area contributed by atoms with E-state index >= 15 is 0 Å². The molecule has 0 aliphatic carbocycles. The lowest BCUT2D eigenvalue weighted by molar-refractivity contribution is 0.256. The van der Waals surface area contributed by atoms with Gasteiger partial charge in [-0.2, -0.15) is 0 Å². The van der Waals surface area contributed by atoms with E-state index in [0.29, 0.717) is 22.0 Å². The van der Waals surface area contributed by atoms with E-state index in [0.717, 1.165) is 0 Å². The van der Waals surface area contributed by atoms with Gasteiger partial charge in [0.25, 0.3) is 0 Å². The van der Waals surface area contributed by atoms with Crippen LogP contribution < -0.4 is 5.73 Å². The molecule has 0 fully saturated rings. The molecule has 0 aromatic carbocycles. The van der Waals surface area contributed by atoms with E-state index in [1.54, 1.807) is 0 Å². The summed E-state index contributed by atoms with van der Waals surface area (Å²) in [6.07, 6.45) is 0.986. The summed E-state index contributed by atoms with van der Waals surface area (Å²) in [5.41, 5.74) is 5.16. The predicted molar refractivity (Wildman–Crippen MR) is 31.0 cm³/mol. The minimum absolute atomic E-state index is 0.335. The molecule has 42 valence electrons. The third-order valence-corrected chi connectivity index (χ3v) is 1.21. The molecule has 0 unspecified atom stereocenters. The van der Waals surface area contributed by atoms with Crippen LogP contribution in [0.25, 0.3) is 0 Å². The molecule has 0 aromatic rings. The van der Waals surface area contributed by atoms with Gasteiger partial charge in [-0.25, -0.2) is 0 Å². The molecule has 0 bridgehead atoms. The molecule has 0 saturated carbocycles. The summed E-state index contributed by atoms with van der Waals surface area (Å²) >= 11 is 0. The monoisotopic (exact) mass is 117 g/mol. The first kappa shape index (κ1) is 7.14. The Kier molecular flexibility index (Phi) is 4.38. The molecule has 0 rings (SSSR count). The van der Waals surface area contributed by atoms with Crippen LogP contribution in [-0.2, 0) is 4.43 Å². The van der Waals surface area contributed by atoms with Crippen molar-refractivity contribution in [2.24, 2.45) is 5.73 Å². The fourth-order valence-corrected chi connectivity index (χ4v) is 0.644. The van der Waals surface area contributed by atoms with E-state index in [1.807, 2.05) is 13.8 Å². The van der Waals surface area contributed by atoms with E-state index in [4.69, 9.17) is 10.2 Å². The second-order valence-corrected chi connectivity index (χ2v) is 2.45. The number of hydrogen-bond acceptors (Lipinski definition) is 2. The molecular weight excluding hydrogens is 106 g/mol. The molecule has 0 aliphatic heterocycles. The highest BCUT2D eigenvalue weighted by Crippen LogP contribution is 1.81. The van der Waals surface area contributed by atoms with Gasteiger partial charge in [-0.1, -0.05) is 0 Å². The molecule has 0 amide bonds. The van der Waals surface area contributed by atoms with Crippen molar-refractivity contribution in [3.63, 3.8) is 0 Å². The van der Waals surface area contributed by atoms with Crippen molar-refractivity contribution in [3.05, 3.63) is 0 Å². The second-order valence-electron chi connectivity index (χ2n) is 1.52. The van der Waals surface area contributed by atoms with Crippen molar-refractivity contribution in [1.82, 2.24) is 0 Å². The van der Waals surface area contributed by atoms with E-state index in [-0.39, 0.29) is 0 Å². The van der Waals surface area contributed by atoms with Gasteiger partial charge >= 0.3 is 0 Å². The van der Waals surface area contributed by atoms with Crippen LogP contribution >= 0.6 is 0 Å². The van der Waals surface area contributed by atoms with Gasteiger partial charge in [-0.15, -0.1) is 0 Å². The van der Waals surface area contributed by atoms with Gasteiger partial charge in [0.05, 0.1) is 0 Å². The normalized spacial score (nSPS) is 10.3. The molecule has 0 heterocycles. The minimum atomic E-state index is 0.335. The Morgan fingerprint density at radius 2 is 2.29 bits per heavy atom. The highest BCUT2D eigenvalue weighted by molar-refractivity contribution is 6.27. The summed E-state index contributed by atoms with van der Waals surface area (Å²) in [7, 11) is 0.473. The summed E-state index contributed by atoms with van der Waals surface area (Å²) < 4.78 is 5.09. The first-order valence-corrected chi connectivity index (χ1v) is 3.47. The Morgan fingerprint density at radius 1 is 1.71 bits per heavy atom. The van der Waals surface area contributed by atoms with Crippen molar-refractivity contribution in [2.75, 3.05) is 6.17 Å². The van der Waals surface area contributed by atoms with Gasteiger partial charge in [0, 0.05) is 12.3 Å². The molecule has 2 N–H and O–H groups in total. The van der Waals surface area contributed by atoms with E-state index in [9.17, 15) is 0 Å². The van der Waals surface area contributed by atoms with Crippen molar-refractivity contribution < 1.29 is 4.43 Å². The summed E-state index contributed by atoms with van der Waals surface area (Å²) in [5, 5.41) is 0. The first-order valence-electron chi connectivity index (χ1n) is 2.36. The lowest BCUT2D eigenvalue weighted by Gasteiger charge is -2.01. The van der Waals surface area contributed by atoms with Gasteiger partial charge in [-0.3, -0.25) is 0 Å². The van der Waals surface area contributed by atoms with Crippen LogP contribution in [0.5, 0.6) is 0 Å². The molecule has 0 aliphatic rings. The summed E-state index contributed by atoms with van der Waals surface area (Å²) in [6, 6.07) is 0. The molecule has 0 atom stereocenters. The van der Waals surface area contributed by atoms with Crippen LogP contribution in [0.4, 0.5) is 0 Å². The summed E-state index contributed by atoms with van der Waals surface area (Å²) in [4.78, 5) is 0. The van der Waals surface area contributed by atoms with Crippen LogP contribution in [0, 0.1) is 0 Å². The largest absolute Gasteiger partial charge is 0.414 e. The van der Waals surface area contributed by atoms with Crippen molar-refractivity contribution in [1.29, 1.82) is 0 Å². The topological polar surface area (TPSA) is 35.2 Å². The average molecular weight is 117 g/mol. The quantitative estimate of drug-likeness (QED) is 0.526. The van der Waals surface area contributed by atoms with E-state index in [2.05, 4.69) is 0 Å². The Bertz CT molecular complexity index is 40.7. The maximum Gasteiger partial charge on any atom is 0.245 e. The first-order chi connectivity index (χ1) is 3.27. The summed E-state index contributed by atoms with van der Waals surface area (Å²) in [5.74, 6) is 0. The van der Waals surface area contributed by atoms with Gasteiger partial charge in [-0.05, 0) is 13.8 Å². The third kappa shape index (κ3) is 6.14.